The Morgan fingerprint density at radius 1 is 1.80 bits per heavy atom. The molecule has 0 aromatic carbocycles. The second kappa shape index (κ2) is 6.01. The molecule has 1 N–H and O–H groups in total. The van der Waals surface area contributed by atoms with Crippen LogP contribution in [0.15, 0.2) is 0 Å². The van der Waals surface area contributed by atoms with E-state index < -0.39 is 0 Å². The van der Waals surface area contributed by atoms with Crippen LogP contribution in [-0.4, -0.2) is 30.3 Å². The van der Waals surface area contributed by atoms with Crippen LogP contribution in [0.5, 0.6) is 0 Å². The molecule has 0 unspecified atom stereocenters. The highest BCUT2D eigenvalue weighted by atomic mass is 35.5. The van der Waals surface area contributed by atoms with Crippen molar-refractivity contribution in [3.8, 4) is 0 Å². The number of hydrogen-bond acceptors (Lipinski definition) is 3. The van der Waals surface area contributed by atoms with Crippen molar-refractivity contribution in [1.82, 2.24) is 5.32 Å². The van der Waals surface area contributed by atoms with Crippen LogP contribution in [0.3, 0.4) is 0 Å². The number of halogens is 1. The van der Waals surface area contributed by atoms with E-state index >= 15 is 0 Å². The van der Waals surface area contributed by atoms with Crippen LogP contribution in [0.1, 0.15) is 6.42 Å². The average molecular weight is 182 g/mol. The highest BCUT2D eigenvalue weighted by molar-refractivity contribution is 7.98. The summed E-state index contributed by atoms with van der Waals surface area (Å²) in [6, 6.07) is -0.172. The second-order valence-corrected chi connectivity index (χ2v) is 3.28. The molecule has 0 aromatic heterocycles. The Bertz CT molecular complexity index is 110. The highest BCUT2D eigenvalue weighted by Crippen LogP contribution is 2.02. The number of likely N-dealkylation sites (N-methyl/N-ethyl adjacent to an activating group) is 1. The maximum Gasteiger partial charge on any atom is 0.238 e. The zero-order valence-electron chi connectivity index (χ0n) is 6.19. The second-order valence-electron chi connectivity index (χ2n) is 1.93. The topological polar surface area (TPSA) is 29.1 Å². The van der Waals surface area contributed by atoms with Crippen molar-refractivity contribution in [2.45, 2.75) is 12.5 Å². The Morgan fingerprint density at radius 3 is 2.70 bits per heavy atom. The number of rotatable bonds is 5. The third kappa shape index (κ3) is 4.14. The third-order valence-electron chi connectivity index (χ3n) is 1.23. The normalized spacial score (nSPS) is 13.1. The largest absolute Gasteiger partial charge is 0.309 e. The first-order valence-electron chi connectivity index (χ1n) is 3.08. The molecular weight excluding hydrogens is 170 g/mol. The van der Waals surface area contributed by atoms with Crippen LogP contribution in [0.4, 0.5) is 0 Å². The highest BCUT2D eigenvalue weighted by Gasteiger charge is 2.11. The molecule has 10 heavy (non-hydrogen) atoms. The summed E-state index contributed by atoms with van der Waals surface area (Å²) in [5.41, 5.74) is 0. The van der Waals surface area contributed by atoms with E-state index in [9.17, 15) is 4.79 Å². The number of carbonyl (C=O) groups is 1. The molecule has 0 aliphatic carbocycles. The number of carbonyl (C=O) groups excluding carboxylic acids is 1. The van der Waals surface area contributed by atoms with Gasteiger partial charge in [0.25, 0.3) is 0 Å². The van der Waals surface area contributed by atoms with E-state index in [1.807, 2.05) is 6.26 Å². The first-order chi connectivity index (χ1) is 4.72. The maximum absolute atomic E-state index is 10.6. The SMILES string of the molecule is CN[C@@H](CCSC)C(=O)Cl. The van der Waals surface area contributed by atoms with Gasteiger partial charge in [-0.3, -0.25) is 4.79 Å². The quantitative estimate of drug-likeness (QED) is 0.644. The van der Waals surface area contributed by atoms with Crippen molar-refractivity contribution >= 4 is 28.6 Å². The van der Waals surface area contributed by atoms with Gasteiger partial charge in [0.05, 0.1) is 6.04 Å². The summed E-state index contributed by atoms with van der Waals surface area (Å²) in [7, 11) is 1.74. The Morgan fingerprint density at radius 2 is 2.40 bits per heavy atom. The van der Waals surface area contributed by atoms with E-state index in [1.54, 1.807) is 18.8 Å². The first kappa shape index (κ1) is 10.3. The Labute approximate surface area is 70.7 Å². The molecule has 60 valence electrons. The fraction of sp³-hybridized carbons (Fsp3) is 0.833. The van der Waals surface area contributed by atoms with Gasteiger partial charge in [0.1, 0.15) is 0 Å². The molecule has 0 heterocycles. The summed E-state index contributed by atoms with van der Waals surface area (Å²) in [5.74, 6) is 0.962. The molecule has 0 aliphatic heterocycles. The van der Waals surface area contributed by atoms with Gasteiger partial charge in [-0.15, -0.1) is 0 Å². The molecule has 0 aliphatic rings. The summed E-state index contributed by atoms with van der Waals surface area (Å²) in [5, 5.41) is 2.55. The molecule has 4 heteroatoms. The zero-order chi connectivity index (χ0) is 7.98. The van der Waals surface area contributed by atoms with E-state index in [1.165, 1.54) is 0 Å². The summed E-state index contributed by atoms with van der Waals surface area (Å²) >= 11 is 6.98. The van der Waals surface area contributed by atoms with Gasteiger partial charge in [-0.05, 0) is 37.1 Å². The minimum Gasteiger partial charge on any atom is -0.309 e. The molecule has 0 aromatic rings. The minimum atomic E-state index is -0.295. The fourth-order valence-electron chi connectivity index (χ4n) is 0.607. The summed E-state index contributed by atoms with van der Waals surface area (Å²) in [6.07, 6.45) is 2.81. The fourth-order valence-corrected chi connectivity index (χ4v) is 1.30. The molecule has 0 spiro atoms. The van der Waals surface area contributed by atoms with Crippen molar-refractivity contribution in [2.24, 2.45) is 0 Å². The number of hydrogen-bond donors (Lipinski definition) is 1. The molecule has 0 fully saturated rings. The molecule has 2 nitrogen and oxygen atoms in total. The lowest BCUT2D eigenvalue weighted by Gasteiger charge is -2.08. The number of nitrogens with one attached hydrogen (secondary N) is 1. The van der Waals surface area contributed by atoms with Crippen LogP contribution in [0, 0.1) is 0 Å². The zero-order valence-corrected chi connectivity index (χ0v) is 7.76. The van der Waals surface area contributed by atoms with Gasteiger partial charge in [0, 0.05) is 0 Å². The van der Waals surface area contributed by atoms with Gasteiger partial charge in [-0.1, -0.05) is 0 Å². The van der Waals surface area contributed by atoms with Gasteiger partial charge in [0.2, 0.25) is 5.24 Å². The molecule has 0 saturated heterocycles. The first-order valence-corrected chi connectivity index (χ1v) is 4.85. The van der Waals surface area contributed by atoms with Gasteiger partial charge in [-0.2, -0.15) is 11.8 Å². The third-order valence-corrected chi connectivity index (χ3v) is 2.14. The Kier molecular flexibility index (Phi) is 6.17. The van der Waals surface area contributed by atoms with Crippen LogP contribution >= 0.6 is 23.4 Å². The van der Waals surface area contributed by atoms with Crippen LogP contribution in [0.2, 0.25) is 0 Å². The van der Waals surface area contributed by atoms with E-state index in [4.69, 9.17) is 11.6 Å². The minimum absolute atomic E-state index is 0.172. The molecule has 0 rings (SSSR count). The van der Waals surface area contributed by atoms with Crippen LogP contribution < -0.4 is 5.32 Å². The number of thioether (sulfide) groups is 1. The summed E-state index contributed by atoms with van der Waals surface area (Å²) in [4.78, 5) is 10.6. The van der Waals surface area contributed by atoms with Gasteiger partial charge in [0.15, 0.2) is 0 Å². The predicted octanol–water partition coefficient (Wildman–Crippen LogP) is 1.09. The molecule has 0 bridgehead atoms. The van der Waals surface area contributed by atoms with Crippen molar-refractivity contribution in [3.63, 3.8) is 0 Å². The van der Waals surface area contributed by atoms with Crippen molar-refractivity contribution in [3.05, 3.63) is 0 Å². The molecule has 1 atom stereocenters. The Balaban J connectivity index is 3.50. The molecule has 0 saturated carbocycles. The van der Waals surface area contributed by atoms with Crippen LogP contribution in [0.25, 0.3) is 0 Å². The standard InChI is InChI=1S/C6H12ClNOS/c1-8-5(6(7)9)3-4-10-2/h5,8H,3-4H2,1-2H3/t5-/m0/s1. The average Bonchev–Trinajstić information content (AvgIpc) is 1.89. The van der Waals surface area contributed by atoms with Crippen molar-refractivity contribution in [1.29, 1.82) is 0 Å². The smallest absolute Gasteiger partial charge is 0.238 e. The van der Waals surface area contributed by atoms with E-state index in [-0.39, 0.29) is 11.3 Å². The van der Waals surface area contributed by atoms with E-state index in [2.05, 4.69) is 5.32 Å². The predicted molar refractivity (Wildman–Crippen MR) is 46.7 cm³/mol. The van der Waals surface area contributed by atoms with Crippen molar-refractivity contribution in [2.75, 3.05) is 19.1 Å². The molecular formula is C6H12ClNOS. The molecule has 0 amide bonds. The van der Waals surface area contributed by atoms with Crippen molar-refractivity contribution < 1.29 is 4.79 Å². The lowest BCUT2D eigenvalue weighted by molar-refractivity contribution is -0.113. The Hall–Kier alpha value is 0.270. The molecule has 0 radical (unpaired) electrons. The van der Waals surface area contributed by atoms with Gasteiger partial charge in [-0.25, -0.2) is 0 Å². The monoisotopic (exact) mass is 181 g/mol. The van der Waals surface area contributed by atoms with Gasteiger partial charge >= 0.3 is 0 Å². The summed E-state index contributed by atoms with van der Waals surface area (Å²) in [6.45, 7) is 0. The summed E-state index contributed by atoms with van der Waals surface area (Å²) < 4.78 is 0. The lowest BCUT2D eigenvalue weighted by Crippen LogP contribution is -2.31. The van der Waals surface area contributed by atoms with Gasteiger partial charge < -0.3 is 5.32 Å². The lowest BCUT2D eigenvalue weighted by atomic mass is 10.2. The maximum atomic E-state index is 10.6. The van der Waals surface area contributed by atoms with E-state index in [0.29, 0.717) is 0 Å². The van der Waals surface area contributed by atoms with Crippen LogP contribution in [-0.2, 0) is 4.79 Å². The van der Waals surface area contributed by atoms with E-state index in [0.717, 1.165) is 12.2 Å².